The molecule has 0 unspecified atom stereocenters. The fourth-order valence-electron chi connectivity index (χ4n) is 3.50. The van der Waals surface area contributed by atoms with Crippen molar-refractivity contribution < 1.29 is 26.6 Å². The molecule has 1 N–H and O–H groups in total. The van der Waals surface area contributed by atoms with E-state index in [1.807, 2.05) is 0 Å². The van der Waals surface area contributed by atoms with E-state index in [1.54, 1.807) is 12.1 Å². The summed E-state index contributed by atoms with van der Waals surface area (Å²) in [5.74, 6) is -2.58. The highest BCUT2D eigenvalue weighted by atomic mass is 35.5. The first-order valence-electron chi connectivity index (χ1n) is 9.94. The summed E-state index contributed by atoms with van der Waals surface area (Å²) < 4.78 is 44.6. The lowest BCUT2D eigenvalue weighted by atomic mass is 10.1. The molecule has 0 bridgehead atoms. The zero-order valence-electron chi connectivity index (χ0n) is 18.0. The summed E-state index contributed by atoms with van der Waals surface area (Å²) >= 11 is 12.0. The molecule has 8 nitrogen and oxygen atoms in total. The third-order valence-corrected chi connectivity index (χ3v) is 6.00. The van der Waals surface area contributed by atoms with Crippen molar-refractivity contribution in [3.05, 3.63) is 88.0 Å². The first-order chi connectivity index (χ1) is 16.5. The summed E-state index contributed by atoms with van der Waals surface area (Å²) in [6, 6.07) is 10.4. The van der Waals surface area contributed by atoms with Crippen LogP contribution in [0.15, 0.2) is 61.1 Å². The monoisotopic (exact) mass is 535 g/mol. The molecule has 0 spiro atoms. The zero-order valence-corrected chi connectivity index (χ0v) is 20.3. The molecular formula is C23H16Cl2FN3O5S. The normalized spacial score (nSPS) is 11.4. The molecule has 0 aliphatic carbocycles. The Morgan fingerprint density at radius 2 is 1.77 bits per heavy atom. The van der Waals surface area contributed by atoms with Crippen LogP contribution < -0.4 is 9.50 Å². The van der Waals surface area contributed by atoms with Crippen molar-refractivity contribution in [2.24, 2.45) is 0 Å². The highest BCUT2D eigenvalue weighted by Crippen LogP contribution is 2.33. The van der Waals surface area contributed by atoms with E-state index in [0.29, 0.717) is 0 Å². The van der Waals surface area contributed by atoms with Crippen molar-refractivity contribution >= 4 is 61.6 Å². The molecule has 2 aromatic heterocycles. The summed E-state index contributed by atoms with van der Waals surface area (Å²) in [5, 5.41) is 2.67. The van der Waals surface area contributed by atoms with E-state index < -0.39 is 27.6 Å². The second-order valence-electron chi connectivity index (χ2n) is 7.46. The highest BCUT2D eigenvalue weighted by molar-refractivity contribution is 7.86. The number of carbonyl (C=O) groups excluding carboxylic acids is 2. The molecular weight excluding hydrogens is 520 g/mol. The Morgan fingerprint density at radius 1 is 1.09 bits per heavy atom. The van der Waals surface area contributed by atoms with Gasteiger partial charge in [0.2, 0.25) is 0 Å². The molecule has 0 fully saturated rings. The number of carbonyl (C=O) groups is 2. The van der Waals surface area contributed by atoms with Crippen molar-refractivity contribution in [3.63, 3.8) is 0 Å². The molecule has 0 atom stereocenters. The van der Waals surface area contributed by atoms with E-state index in [0.717, 1.165) is 6.26 Å². The van der Waals surface area contributed by atoms with Gasteiger partial charge in [0.1, 0.15) is 5.82 Å². The van der Waals surface area contributed by atoms with Gasteiger partial charge in [-0.3, -0.25) is 14.6 Å². The number of benzene rings is 2. The number of rotatable bonds is 7. The van der Waals surface area contributed by atoms with E-state index >= 15 is 0 Å². The van der Waals surface area contributed by atoms with Crippen LogP contribution in [0.1, 0.15) is 15.9 Å². The quantitative estimate of drug-likeness (QED) is 0.209. The van der Waals surface area contributed by atoms with Crippen LogP contribution in [0.4, 0.5) is 10.1 Å². The number of Topliss-reactive ketones (excluding diaryl/α,β-unsaturated/α-hetero) is 1. The van der Waals surface area contributed by atoms with E-state index in [2.05, 4.69) is 10.3 Å². The molecule has 0 saturated heterocycles. The van der Waals surface area contributed by atoms with Gasteiger partial charge in [-0.05, 0) is 12.1 Å². The smallest absolute Gasteiger partial charge is 0.306 e. The maximum absolute atomic E-state index is 14.4. The van der Waals surface area contributed by atoms with Crippen LogP contribution in [0.5, 0.6) is 5.75 Å². The molecule has 2 aromatic carbocycles. The molecule has 0 radical (unpaired) electrons. The minimum Gasteiger partial charge on any atom is -0.380 e. The van der Waals surface area contributed by atoms with Gasteiger partial charge in [-0.15, -0.1) is 0 Å². The van der Waals surface area contributed by atoms with Crippen LogP contribution in [-0.4, -0.2) is 35.9 Å². The van der Waals surface area contributed by atoms with Gasteiger partial charge in [0.25, 0.3) is 11.7 Å². The van der Waals surface area contributed by atoms with Gasteiger partial charge in [-0.25, -0.2) is 4.39 Å². The summed E-state index contributed by atoms with van der Waals surface area (Å²) in [6.45, 7) is -0.0653. The van der Waals surface area contributed by atoms with Crippen LogP contribution >= 0.6 is 23.2 Å². The number of halogens is 3. The van der Waals surface area contributed by atoms with Crippen LogP contribution in [-0.2, 0) is 21.5 Å². The van der Waals surface area contributed by atoms with Crippen molar-refractivity contribution in [1.82, 2.24) is 9.55 Å². The van der Waals surface area contributed by atoms with Crippen molar-refractivity contribution in [2.45, 2.75) is 6.54 Å². The fraction of sp³-hybridized carbons (Fsp3) is 0.0870. The number of nitrogens with one attached hydrogen (secondary N) is 1. The zero-order chi connectivity index (χ0) is 25.3. The molecule has 180 valence electrons. The Kier molecular flexibility index (Phi) is 6.79. The lowest BCUT2D eigenvalue weighted by Gasteiger charge is -2.10. The molecule has 0 aliphatic heterocycles. The minimum atomic E-state index is -3.93. The molecule has 12 heteroatoms. The fourth-order valence-corrected chi connectivity index (χ4v) is 4.42. The number of nitrogens with zero attached hydrogens (tertiary/aromatic N) is 2. The van der Waals surface area contributed by atoms with Crippen molar-refractivity contribution in [2.75, 3.05) is 11.6 Å². The molecule has 0 saturated carbocycles. The summed E-state index contributed by atoms with van der Waals surface area (Å²) in [5.41, 5.74) is 0.418. The lowest BCUT2D eigenvalue weighted by Crippen LogP contribution is -2.23. The maximum Gasteiger partial charge on any atom is 0.306 e. The van der Waals surface area contributed by atoms with Crippen LogP contribution in [0.25, 0.3) is 10.9 Å². The van der Waals surface area contributed by atoms with Crippen LogP contribution in [0, 0.1) is 5.82 Å². The molecule has 2 heterocycles. The van der Waals surface area contributed by atoms with Gasteiger partial charge >= 0.3 is 10.1 Å². The number of hydrogen-bond acceptors (Lipinski definition) is 6. The summed E-state index contributed by atoms with van der Waals surface area (Å²) in [4.78, 5) is 29.7. The van der Waals surface area contributed by atoms with E-state index in [9.17, 15) is 22.4 Å². The number of pyridine rings is 1. The number of fused-ring (bicyclic) bond motifs is 1. The second kappa shape index (κ2) is 9.65. The van der Waals surface area contributed by atoms with E-state index in [-0.39, 0.29) is 50.1 Å². The minimum absolute atomic E-state index is 0.0119. The van der Waals surface area contributed by atoms with Gasteiger partial charge in [-0.2, -0.15) is 8.42 Å². The highest BCUT2D eigenvalue weighted by Gasteiger charge is 2.25. The number of ketones is 1. The van der Waals surface area contributed by atoms with E-state index in [4.69, 9.17) is 27.4 Å². The Hall–Kier alpha value is -3.47. The molecule has 1 amide bonds. The molecule has 35 heavy (non-hydrogen) atoms. The topological polar surface area (TPSA) is 107 Å². The largest absolute Gasteiger partial charge is 0.380 e. The average Bonchev–Trinajstić information content (AvgIpc) is 3.15. The SMILES string of the molecule is CS(=O)(=O)Oc1cccc2c(C(=O)C(=O)Nc3c(Cl)cncc3Cl)cn(Cc3ccccc3F)c12. The average molecular weight is 536 g/mol. The second-order valence-corrected chi connectivity index (χ2v) is 9.85. The Balaban J connectivity index is 1.82. The van der Waals surface area contributed by atoms with Crippen molar-refractivity contribution in [1.29, 1.82) is 0 Å². The number of para-hydroxylation sites is 1. The Labute approximate surface area is 209 Å². The maximum atomic E-state index is 14.4. The molecule has 0 aliphatic rings. The molecule has 4 rings (SSSR count). The predicted molar refractivity (Wildman–Crippen MR) is 130 cm³/mol. The van der Waals surface area contributed by atoms with Gasteiger partial charge in [0.05, 0.1) is 39.6 Å². The number of amides is 1. The van der Waals surface area contributed by atoms with Crippen molar-refractivity contribution in [3.8, 4) is 5.75 Å². The third-order valence-electron chi connectivity index (χ3n) is 4.94. The lowest BCUT2D eigenvalue weighted by molar-refractivity contribution is -0.112. The van der Waals surface area contributed by atoms with Gasteiger partial charge in [0, 0.05) is 29.5 Å². The summed E-state index contributed by atoms with van der Waals surface area (Å²) in [6.07, 6.45) is 4.72. The Bertz CT molecular complexity index is 1570. The predicted octanol–water partition coefficient (Wildman–Crippen LogP) is 4.69. The number of hydrogen-bond donors (Lipinski definition) is 1. The standard InChI is InChI=1S/C23H16Cl2FN3O5S/c1-35(32,33)34-19-8-4-6-14-15(12-29(21(14)19)11-13-5-2-3-7-18(13)26)22(30)23(31)28-20-16(24)9-27-10-17(20)25/h2-10,12H,11H2,1H3,(H,27,28,31). The summed E-state index contributed by atoms with van der Waals surface area (Å²) in [7, 11) is -3.93. The third kappa shape index (κ3) is 5.29. The van der Waals surface area contributed by atoms with Gasteiger partial charge in [0.15, 0.2) is 5.75 Å². The van der Waals surface area contributed by atoms with Gasteiger partial charge in [-0.1, -0.05) is 53.5 Å². The molecule has 4 aromatic rings. The number of anilines is 1. The first kappa shape index (κ1) is 24.6. The number of aromatic nitrogens is 2. The Morgan fingerprint density at radius 3 is 2.43 bits per heavy atom. The van der Waals surface area contributed by atoms with E-state index in [1.165, 1.54) is 53.5 Å². The van der Waals surface area contributed by atoms with Gasteiger partial charge < -0.3 is 14.1 Å². The van der Waals surface area contributed by atoms with Crippen LogP contribution in [0.3, 0.4) is 0 Å². The first-order valence-corrected chi connectivity index (χ1v) is 12.5. The van der Waals surface area contributed by atoms with Crippen LogP contribution in [0.2, 0.25) is 10.0 Å².